The van der Waals surface area contributed by atoms with E-state index in [0.29, 0.717) is 11.6 Å². The Balaban J connectivity index is 1.44. The molecule has 4 rings (SSSR count). The largest absolute Gasteiger partial charge is 0.379 e. The van der Waals surface area contributed by atoms with Crippen molar-refractivity contribution in [1.29, 1.82) is 0 Å². The Bertz CT molecular complexity index is 974. The predicted octanol–water partition coefficient (Wildman–Crippen LogP) is 2.95. The van der Waals surface area contributed by atoms with Gasteiger partial charge >= 0.3 is 5.69 Å². The highest BCUT2D eigenvalue weighted by Crippen LogP contribution is 2.28. The Morgan fingerprint density at radius 3 is 2.65 bits per heavy atom. The molecule has 1 aliphatic heterocycles. The molecule has 1 amide bonds. The standard InChI is InChI=1S/C22H27BrN4O3S/c23-16-5-7-17(8-6-16)24-20(28)15-31-21-18-3-1-2-4-19(18)27(22(29)25-21)10-9-26-11-13-30-14-12-26/h5-8H,1-4,9-15H2,(H,24,28). The van der Waals surface area contributed by atoms with Crippen LogP contribution in [0.25, 0.3) is 0 Å². The Kier molecular flexibility index (Phi) is 7.81. The fourth-order valence-corrected chi connectivity index (χ4v) is 5.17. The third-order valence-corrected chi connectivity index (χ3v) is 7.21. The SMILES string of the molecule is O=C(CSc1nc(=O)n(CCN2CCOCC2)c2c1CCCC2)Nc1ccc(Br)cc1. The zero-order valence-electron chi connectivity index (χ0n) is 17.4. The van der Waals surface area contributed by atoms with Crippen molar-refractivity contribution in [1.82, 2.24) is 14.5 Å². The normalized spacial score (nSPS) is 16.7. The number of carbonyl (C=O) groups excluding carboxylic acids is 1. The fourth-order valence-electron chi connectivity index (χ4n) is 4.03. The topological polar surface area (TPSA) is 76.5 Å². The molecule has 9 heteroatoms. The summed E-state index contributed by atoms with van der Waals surface area (Å²) >= 11 is 4.75. The third-order valence-electron chi connectivity index (χ3n) is 5.66. The number of rotatable bonds is 7. The van der Waals surface area contributed by atoms with Crippen LogP contribution in [0.2, 0.25) is 0 Å². The molecule has 1 aromatic carbocycles. The average molecular weight is 507 g/mol. The lowest BCUT2D eigenvalue weighted by Gasteiger charge is -2.28. The van der Waals surface area contributed by atoms with Crippen molar-refractivity contribution in [2.75, 3.05) is 43.9 Å². The highest BCUT2D eigenvalue weighted by molar-refractivity contribution is 9.10. The molecule has 166 valence electrons. The number of anilines is 1. The average Bonchev–Trinajstić information content (AvgIpc) is 2.79. The van der Waals surface area contributed by atoms with Crippen molar-refractivity contribution < 1.29 is 9.53 Å². The van der Waals surface area contributed by atoms with Gasteiger partial charge in [-0.3, -0.25) is 14.3 Å². The van der Waals surface area contributed by atoms with E-state index in [-0.39, 0.29) is 17.3 Å². The second kappa shape index (κ2) is 10.8. The van der Waals surface area contributed by atoms with Crippen LogP contribution in [0.3, 0.4) is 0 Å². The molecule has 7 nitrogen and oxygen atoms in total. The first-order valence-electron chi connectivity index (χ1n) is 10.7. The molecule has 1 aromatic heterocycles. The van der Waals surface area contributed by atoms with Crippen LogP contribution >= 0.6 is 27.7 Å². The number of amides is 1. The molecule has 2 heterocycles. The minimum absolute atomic E-state index is 0.102. The summed E-state index contributed by atoms with van der Waals surface area (Å²) < 4.78 is 8.23. The van der Waals surface area contributed by atoms with Gasteiger partial charge in [0.05, 0.1) is 19.0 Å². The van der Waals surface area contributed by atoms with Crippen LogP contribution in [-0.4, -0.2) is 59.0 Å². The van der Waals surface area contributed by atoms with Crippen molar-refractivity contribution in [2.45, 2.75) is 37.3 Å². The number of hydrogen-bond donors (Lipinski definition) is 1. The maximum atomic E-state index is 12.8. The molecule has 0 unspecified atom stereocenters. The Hall–Kier alpha value is -1.68. The van der Waals surface area contributed by atoms with Crippen LogP contribution in [0.15, 0.2) is 38.6 Å². The fraction of sp³-hybridized carbons (Fsp3) is 0.500. The van der Waals surface area contributed by atoms with Crippen LogP contribution < -0.4 is 11.0 Å². The van der Waals surface area contributed by atoms with Crippen LogP contribution in [0.1, 0.15) is 24.1 Å². The van der Waals surface area contributed by atoms with Gasteiger partial charge in [-0.15, -0.1) is 0 Å². The lowest BCUT2D eigenvalue weighted by Crippen LogP contribution is -2.40. The first kappa shape index (κ1) is 22.5. The van der Waals surface area contributed by atoms with Gasteiger partial charge in [-0.25, -0.2) is 4.79 Å². The minimum atomic E-state index is -0.204. The monoisotopic (exact) mass is 506 g/mol. The molecule has 1 aliphatic carbocycles. The number of hydrogen-bond acceptors (Lipinski definition) is 6. The summed E-state index contributed by atoms with van der Waals surface area (Å²) in [7, 11) is 0. The van der Waals surface area contributed by atoms with Gasteiger partial charge in [0, 0.05) is 47.6 Å². The van der Waals surface area contributed by atoms with Crippen LogP contribution in [-0.2, 0) is 28.9 Å². The van der Waals surface area contributed by atoms with Crippen molar-refractivity contribution in [3.05, 3.63) is 50.5 Å². The molecule has 0 bridgehead atoms. The Morgan fingerprint density at radius 2 is 1.87 bits per heavy atom. The molecule has 2 aromatic rings. The first-order valence-corrected chi connectivity index (χ1v) is 12.5. The molecule has 1 saturated heterocycles. The summed E-state index contributed by atoms with van der Waals surface area (Å²) in [6.07, 6.45) is 3.99. The van der Waals surface area contributed by atoms with E-state index in [1.54, 1.807) is 0 Å². The van der Waals surface area contributed by atoms with Gasteiger partial charge in [0.1, 0.15) is 5.03 Å². The number of benzene rings is 1. The quantitative estimate of drug-likeness (QED) is 0.459. The molecule has 2 aliphatic rings. The first-order chi connectivity index (χ1) is 15.1. The molecule has 1 N–H and O–H groups in total. The number of ether oxygens (including phenoxy) is 1. The van der Waals surface area contributed by atoms with E-state index in [0.717, 1.165) is 79.9 Å². The van der Waals surface area contributed by atoms with E-state index in [4.69, 9.17) is 4.74 Å². The lowest BCUT2D eigenvalue weighted by molar-refractivity contribution is -0.113. The predicted molar refractivity (Wildman–Crippen MR) is 126 cm³/mol. The van der Waals surface area contributed by atoms with Crippen LogP contribution in [0.4, 0.5) is 5.69 Å². The van der Waals surface area contributed by atoms with Crippen molar-refractivity contribution in [3.63, 3.8) is 0 Å². The maximum absolute atomic E-state index is 12.8. The Labute approximate surface area is 194 Å². The van der Waals surface area contributed by atoms with E-state index in [2.05, 4.69) is 31.1 Å². The zero-order chi connectivity index (χ0) is 21.6. The smallest absolute Gasteiger partial charge is 0.348 e. The number of morpholine rings is 1. The highest BCUT2D eigenvalue weighted by Gasteiger charge is 2.22. The molecular formula is C22H27BrN4O3S. The maximum Gasteiger partial charge on any atom is 0.348 e. The van der Waals surface area contributed by atoms with Crippen LogP contribution in [0.5, 0.6) is 0 Å². The second-order valence-electron chi connectivity index (χ2n) is 7.78. The van der Waals surface area contributed by atoms with Crippen molar-refractivity contribution in [3.8, 4) is 0 Å². The van der Waals surface area contributed by atoms with E-state index < -0.39 is 0 Å². The van der Waals surface area contributed by atoms with Gasteiger partial charge in [0.15, 0.2) is 0 Å². The number of fused-ring (bicyclic) bond motifs is 1. The number of halogens is 1. The zero-order valence-corrected chi connectivity index (χ0v) is 19.8. The molecule has 0 radical (unpaired) electrons. The Morgan fingerprint density at radius 1 is 1.13 bits per heavy atom. The molecule has 0 saturated carbocycles. The van der Waals surface area contributed by atoms with E-state index in [9.17, 15) is 9.59 Å². The van der Waals surface area contributed by atoms with Gasteiger partial charge in [0.25, 0.3) is 0 Å². The number of nitrogens with one attached hydrogen (secondary N) is 1. The van der Waals surface area contributed by atoms with Crippen LogP contribution in [0, 0.1) is 0 Å². The van der Waals surface area contributed by atoms with E-state index >= 15 is 0 Å². The molecule has 0 spiro atoms. The molecule has 31 heavy (non-hydrogen) atoms. The summed E-state index contributed by atoms with van der Waals surface area (Å²) in [5.74, 6) is 0.127. The van der Waals surface area contributed by atoms with Gasteiger partial charge in [-0.1, -0.05) is 27.7 Å². The van der Waals surface area contributed by atoms with Gasteiger partial charge in [-0.05, 0) is 49.9 Å². The second-order valence-corrected chi connectivity index (χ2v) is 9.66. The number of carbonyl (C=O) groups is 1. The third kappa shape index (κ3) is 5.97. The summed E-state index contributed by atoms with van der Waals surface area (Å²) in [6, 6.07) is 7.47. The minimum Gasteiger partial charge on any atom is -0.379 e. The lowest BCUT2D eigenvalue weighted by atomic mass is 9.97. The number of thioether (sulfide) groups is 1. The van der Waals surface area contributed by atoms with E-state index in [1.165, 1.54) is 11.8 Å². The summed E-state index contributed by atoms with van der Waals surface area (Å²) in [6.45, 7) is 4.81. The molecular weight excluding hydrogens is 480 g/mol. The van der Waals surface area contributed by atoms with Gasteiger partial charge < -0.3 is 10.1 Å². The number of nitrogens with zero attached hydrogens (tertiary/aromatic N) is 3. The highest BCUT2D eigenvalue weighted by atomic mass is 79.9. The summed E-state index contributed by atoms with van der Waals surface area (Å²) in [5, 5.41) is 3.61. The number of aromatic nitrogens is 2. The molecule has 1 fully saturated rings. The summed E-state index contributed by atoms with van der Waals surface area (Å²) in [4.78, 5) is 32.0. The van der Waals surface area contributed by atoms with Crippen molar-refractivity contribution >= 4 is 39.3 Å². The summed E-state index contributed by atoms with van der Waals surface area (Å²) in [5.41, 5.74) is 2.80. The van der Waals surface area contributed by atoms with Gasteiger partial charge in [0.2, 0.25) is 5.91 Å². The molecule has 0 atom stereocenters. The van der Waals surface area contributed by atoms with E-state index in [1.807, 2.05) is 28.8 Å². The van der Waals surface area contributed by atoms with Crippen molar-refractivity contribution in [2.24, 2.45) is 0 Å². The van der Waals surface area contributed by atoms with Gasteiger partial charge in [-0.2, -0.15) is 4.98 Å².